The van der Waals surface area contributed by atoms with Gasteiger partial charge in [-0.05, 0) is 42.9 Å². The number of Topliss-reactive ketones (excluding diaryl/α,β-unsaturated/α-hetero) is 1. The van der Waals surface area contributed by atoms with Gasteiger partial charge in [-0.15, -0.1) is 22.6 Å². The second-order valence-electron chi connectivity index (χ2n) is 11.7. The molecule has 0 bridgehead atoms. The normalized spacial score (nSPS) is 20.1. The minimum atomic E-state index is -0.780. The smallest absolute Gasteiger partial charge is 0.286 e. The molecule has 10 nitrogen and oxygen atoms in total. The van der Waals surface area contributed by atoms with Gasteiger partial charge in [0, 0.05) is 36.5 Å². The topological polar surface area (TPSA) is 127 Å². The van der Waals surface area contributed by atoms with Crippen LogP contribution in [-0.4, -0.2) is 76.3 Å². The molecule has 2 fully saturated rings. The SMILES string of the molecule is CC(C)C[C@H](NC(=O)[C@@H]1CCCC[C@@H]1NC(=O)c1ccc(CN2CCOCC2)cc1)C(=O)c1nnc(SC(C)C)o1.Cl. The van der Waals surface area contributed by atoms with Crippen molar-refractivity contribution in [3.05, 3.63) is 41.3 Å². The minimum absolute atomic E-state index is 0. The fraction of sp³-hybridized carbons (Fsp3) is 0.633. The lowest BCUT2D eigenvalue weighted by molar-refractivity contribution is -0.127. The highest BCUT2D eigenvalue weighted by Crippen LogP contribution is 2.26. The van der Waals surface area contributed by atoms with Crippen molar-refractivity contribution >= 4 is 41.8 Å². The molecule has 2 aliphatic rings. The van der Waals surface area contributed by atoms with E-state index in [0.29, 0.717) is 30.0 Å². The van der Waals surface area contributed by atoms with Crippen molar-refractivity contribution in [1.29, 1.82) is 0 Å². The van der Waals surface area contributed by atoms with Crippen LogP contribution < -0.4 is 10.6 Å². The Morgan fingerprint density at radius 2 is 1.71 bits per heavy atom. The van der Waals surface area contributed by atoms with E-state index in [1.54, 1.807) is 0 Å². The van der Waals surface area contributed by atoms with E-state index in [4.69, 9.17) is 9.15 Å². The molecule has 3 atom stereocenters. The number of halogens is 1. The van der Waals surface area contributed by atoms with Gasteiger partial charge < -0.3 is 19.8 Å². The third-order valence-electron chi connectivity index (χ3n) is 7.44. The zero-order chi connectivity index (χ0) is 29.4. The van der Waals surface area contributed by atoms with Crippen LogP contribution in [0.2, 0.25) is 0 Å². The molecule has 0 unspecified atom stereocenters. The van der Waals surface area contributed by atoms with Gasteiger partial charge in [-0.3, -0.25) is 19.3 Å². The lowest BCUT2D eigenvalue weighted by atomic mass is 9.83. The number of morpholine rings is 1. The van der Waals surface area contributed by atoms with Gasteiger partial charge in [-0.25, -0.2) is 0 Å². The number of hydrogen-bond donors (Lipinski definition) is 2. The number of aromatic nitrogens is 2. The highest BCUT2D eigenvalue weighted by Gasteiger charge is 2.35. The van der Waals surface area contributed by atoms with Gasteiger partial charge in [0.05, 0.1) is 25.2 Å². The number of nitrogens with one attached hydrogen (secondary N) is 2. The van der Waals surface area contributed by atoms with Crippen molar-refractivity contribution in [2.45, 2.75) is 88.9 Å². The second kappa shape index (κ2) is 16.4. The zero-order valence-electron chi connectivity index (χ0n) is 25.0. The lowest BCUT2D eigenvalue weighted by Crippen LogP contribution is -2.52. The Labute approximate surface area is 258 Å². The molecule has 1 saturated heterocycles. The summed E-state index contributed by atoms with van der Waals surface area (Å²) in [5, 5.41) is 14.6. The van der Waals surface area contributed by atoms with Crippen molar-refractivity contribution in [3.8, 4) is 0 Å². The Morgan fingerprint density at radius 3 is 2.38 bits per heavy atom. The van der Waals surface area contributed by atoms with E-state index in [0.717, 1.165) is 51.3 Å². The Kier molecular flexibility index (Phi) is 13.3. The first-order chi connectivity index (χ1) is 19.7. The van der Waals surface area contributed by atoms with Gasteiger partial charge >= 0.3 is 0 Å². The van der Waals surface area contributed by atoms with Gasteiger partial charge in [0.15, 0.2) is 0 Å². The quantitative estimate of drug-likeness (QED) is 0.260. The number of thioether (sulfide) groups is 1. The van der Waals surface area contributed by atoms with Crippen molar-refractivity contribution in [2.24, 2.45) is 11.8 Å². The van der Waals surface area contributed by atoms with Crippen LogP contribution in [0.3, 0.4) is 0 Å². The van der Waals surface area contributed by atoms with Gasteiger partial charge in [-0.1, -0.05) is 64.4 Å². The molecule has 2 N–H and O–H groups in total. The lowest BCUT2D eigenvalue weighted by Gasteiger charge is -2.32. The fourth-order valence-electron chi connectivity index (χ4n) is 5.34. The molecule has 0 spiro atoms. The van der Waals surface area contributed by atoms with Crippen LogP contribution in [0.4, 0.5) is 0 Å². The second-order valence-corrected chi connectivity index (χ2v) is 13.2. The van der Waals surface area contributed by atoms with Crippen LogP contribution in [-0.2, 0) is 16.1 Å². The van der Waals surface area contributed by atoms with E-state index in [9.17, 15) is 14.4 Å². The number of carbonyl (C=O) groups excluding carboxylic acids is 3. The number of rotatable bonds is 12. The molecule has 232 valence electrons. The maximum atomic E-state index is 13.5. The minimum Gasteiger partial charge on any atom is -0.408 e. The number of ether oxygens (including phenoxy) is 1. The summed E-state index contributed by atoms with van der Waals surface area (Å²) >= 11 is 1.38. The highest BCUT2D eigenvalue weighted by atomic mass is 35.5. The fourth-order valence-corrected chi connectivity index (χ4v) is 5.96. The zero-order valence-corrected chi connectivity index (χ0v) is 26.6. The molecule has 1 aromatic carbocycles. The first kappa shape index (κ1) is 34.0. The number of amides is 2. The predicted octanol–water partition coefficient (Wildman–Crippen LogP) is 4.53. The molecule has 12 heteroatoms. The Morgan fingerprint density at radius 1 is 1.02 bits per heavy atom. The Hall–Kier alpha value is -2.47. The van der Waals surface area contributed by atoms with E-state index in [2.05, 4.69) is 25.7 Å². The van der Waals surface area contributed by atoms with Crippen LogP contribution in [0.1, 0.15) is 86.4 Å². The van der Waals surface area contributed by atoms with Crippen molar-refractivity contribution < 1.29 is 23.5 Å². The average molecular weight is 622 g/mol. The number of benzene rings is 1. The van der Waals surface area contributed by atoms with Gasteiger partial charge in [-0.2, -0.15) is 0 Å². The maximum absolute atomic E-state index is 13.5. The van der Waals surface area contributed by atoms with Crippen molar-refractivity contribution in [3.63, 3.8) is 0 Å². The Balaban J connectivity index is 0.00000484. The number of nitrogens with zero attached hydrogens (tertiary/aromatic N) is 3. The standard InChI is InChI=1S/C30H43N5O5S.ClH/c1-19(2)17-25(26(36)29-33-34-30(40-29)41-20(3)4)32-28(38)23-7-5-6-8-24(23)31-27(37)22-11-9-21(10-12-22)18-35-13-15-39-16-14-35;/h9-12,19-20,23-25H,5-8,13-18H2,1-4H3,(H,31,37)(H,32,38);1H/t23-,24+,25+;/m1./s1. The molecule has 1 aliphatic carbocycles. The first-order valence-electron chi connectivity index (χ1n) is 14.7. The third-order valence-corrected chi connectivity index (χ3v) is 8.28. The molecule has 2 aromatic rings. The van der Waals surface area contributed by atoms with Crippen molar-refractivity contribution in [2.75, 3.05) is 26.3 Å². The van der Waals surface area contributed by atoms with E-state index < -0.39 is 12.0 Å². The molecular weight excluding hydrogens is 578 g/mol. The molecule has 2 heterocycles. The van der Waals surface area contributed by atoms with Gasteiger partial charge in [0.1, 0.15) is 0 Å². The summed E-state index contributed by atoms with van der Waals surface area (Å²) in [5.41, 5.74) is 1.72. The summed E-state index contributed by atoms with van der Waals surface area (Å²) < 4.78 is 11.0. The van der Waals surface area contributed by atoms with Crippen LogP contribution in [0.5, 0.6) is 0 Å². The molecule has 1 aromatic heterocycles. The summed E-state index contributed by atoms with van der Waals surface area (Å²) in [5.74, 6) is -1.17. The highest BCUT2D eigenvalue weighted by molar-refractivity contribution is 7.99. The van der Waals surface area contributed by atoms with Crippen LogP contribution in [0, 0.1) is 11.8 Å². The predicted molar refractivity (Wildman–Crippen MR) is 164 cm³/mol. The van der Waals surface area contributed by atoms with E-state index in [1.807, 2.05) is 52.0 Å². The summed E-state index contributed by atoms with van der Waals surface area (Å²) in [6.07, 6.45) is 3.62. The third kappa shape index (κ3) is 9.79. The largest absolute Gasteiger partial charge is 0.408 e. The molecule has 0 radical (unpaired) electrons. The van der Waals surface area contributed by atoms with Gasteiger partial charge in [0.25, 0.3) is 17.0 Å². The van der Waals surface area contributed by atoms with Gasteiger partial charge in [0.2, 0.25) is 11.7 Å². The molecule has 42 heavy (non-hydrogen) atoms. The molecule has 1 aliphatic heterocycles. The van der Waals surface area contributed by atoms with E-state index >= 15 is 0 Å². The summed E-state index contributed by atoms with van der Waals surface area (Å²) in [4.78, 5) is 42.3. The number of ketones is 1. The summed E-state index contributed by atoms with van der Waals surface area (Å²) in [6, 6.07) is 6.57. The number of carbonyl (C=O) groups is 3. The van der Waals surface area contributed by atoms with Crippen LogP contribution >= 0.6 is 24.2 Å². The summed E-state index contributed by atoms with van der Waals surface area (Å²) in [7, 11) is 0. The van der Waals surface area contributed by atoms with E-state index in [-0.39, 0.29) is 53.1 Å². The Bertz CT molecular complexity index is 1170. The number of hydrogen-bond acceptors (Lipinski definition) is 9. The maximum Gasteiger partial charge on any atom is 0.286 e. The monoisotopic (exact) mass is 621 g/mol. The average Bonchev–Trinajstić information content (AvgIpc) is 3.41. The molecule has 4 rings (SSSR count). The van der Waals surface area contributed by atoms with E-state index in [1.165, 1.54) is 11.8 Å². The summed E-state index contributed by atoms with van der Waals surface area (Å²) in [6.45, 7) is 12.1. The molecule has 1 saturated carbocycles. The molecule has 2 amide bonds. The van der Waals surface area contributed by atoms with Crippen molar-refractivity contribution in [1.82, 2.24) is 25.7 Å². The van der Waals surface area contributed by atoms with Crippen LogP contribution in [0.15, 0.2) is 33.9 Å². The first-order valence-corrected chi connectivity index (χ1v) is 15.6. The van der Waals surface area contributed by atoms with Crippen LogP contribution in [0.25, 0.3) is 0 Å². The molecular formula is C30H44ClN5O5S.